The van der Waals surface area contributed by atoms with E-state index in [0.717, 1.165) is 0 Å². The molecule has 2 rings (SSSR count). The number of carbonyl (C=O) groups excluding carboxylic acids is 3. The van der Waals surface area contributed by atoms with Gasteiger partial charge in [0.05, 0.1) is 38.5 Å². The molecular formula is C12H13NO6. The van der Waals surface area contributed by atoms with Gasteiger partial charge >= 0.3 is 11.9 Å². The monoisotopic (exact) mass is 267 g/mol. The summed E-state index contributed by atoms with van der Waals surface area (Å²) >= 11 is 0. The van der Waals surface area contributed by atoms with E-state index in [4.69, 9.17) is 4.74 Å². The fourth-order valence-electron chi connectivity index (χ4n) is 2.25. The molecule has 1 heterocycles. The molecule has 19 heavy (non-hydrogen) atoms. The van der Waals surface area contributed by atoms with E-state index in [-0.39, 0.29) is 16.9 Å². The van der Waals surface area contributed by atoms with E-state index in [1.54, 1.807) is 0 Å². The summed E-state index contributed by atoms with van der Waals surface area (Å²) in [7, 11) is 3.78. The first-order valence-corrected chi connectivity index (χ1v) is 5.52. The van der Waals surface area contributed by atoms with E-state index >= 15 is 0 Å². The zero-order valence-corrected chi connectivity index (χ0v) is 10.7. The molecule has 0 radical (unpaired) electrons. The number of carbonyl (C=O) groups is 3. The fourth-order valence-corrected chi connectivity index (χ4v) is 2.25. The van der Waals surface area contributed by atoms with Gasteiger partial charge in [-0.25, -0.2) is 9.59 Å². The predicted molar refractivity (Wildman–Crippen MR) is 61.6 cm³/mol. The van der Waals surface area contributed by atoms with Gasteiger partial charge in [0.15, 0.2) is 5.76 Å². The van der Waals surface area contributed by atoms with Crippen molar-refractivity contribution in [1.82, 2.24) is 5.32 Å². The lowest BCUT2D eigenvalue weighted by Crippen LogP contribution is -2.55. The van der Waals surface area contributed by atoms with Crippen molar-refractivity contribution in [2.24, 2.45) is 5.92 Å². The SMILES string of the molecule is COC(=O)C1=C(C(=O)OC)C2NC(=O)C(OC)=CC12. The van der Waals surface area contributed by atoms with Crippen LogP contribution >= 0.6 is 0 Å². The molecule has 0 saturated heterocycles. The molecule has 0 fully saturated rings. The smallest absolute Gasteiger partial charge is 0.336 e. The maximum absolute atomic E-state index is 11.7. The van der Waals surface area contributed by atoms with E-state index in [1.807, 2.05) is 0 Å². The summed E-state index contributed by atoms with van der Waals surface area (Å²) in [6.45, 7) is 0. The maximum Gasteiger partial charge on any atom is 0.336 e. The highest BCUT2D eigenvalue weighted by Crippen LogP contribution is 2.40. The van der Waals surface area contributed by atoms with Crippen LogP contribution in [-0.2, 0) is 28.6 Å². The highest BCUT2D eigenvalue weighted by Gasteiger charge is 2.50. The topological polar surface area (TPSA) is 90.9 Å². The van der Waals surface area contributed by atoms with Crippen molar-refractivity contribution in [3.63, 3.8) is 0 Å². The number of nitrogens with one attached hydrogen (secondary N) is 1. The van der Waals surface area contributed by atoms with E-state index in [1.165, 1.54) is 27.4 Å². The van der Waals surface area contributed by atoms with Gasteiger partial charge in [-0.2, -0.15) is 0 Å². The fraction of sp³-hybridized carbons (Fsp3) is 0.417. The number of esters is 2. The Bertz CT molecular complexity index is 518. The number of amides is 1. The zero-order chi connectivity index (χ0) is 14.2. The highest BCUT2D eigenvalue weighted by molar-refractivity contribution is 6.08. The summed E-state index contributed by atoms with van der Waals surface area (Å²) in [5.41, 5.74) is 0.313. The average Bonchev–Trinajstić information content (AvgIpc) is 2.41. The molecule has 7 nitrogen and oxygen atoms in total. The van der Waals surface area contributed by atoms with Gasteiger partial charge < -0.3 is 19.5 Å². The standard InChI is InChI=1S/C12H13NO6/c1-17-6-4-5-7(11(15)18-2)8(12(16)19-3)9(5)13-10(6)14/h4-5,9H,1-3H3,(H,13,14). The van der Waals surface area contributed by atoms with Crippen molar-refractivity contribution in [1.29, 1.82) is 0 Å². The van der Waals surface area contributed by atoms with Crippen molar-refractivity contribution < 1.29 is 28.6 Å². The van der Waals surface area contributed by atoms with Crippen LogP contribution in [0, 0.1) is 5.92 Å². The minimum absolute atomic E-state index is 0.103. The molecule has 1 N–H and O–H groups in total. The molecular weight excluding hydrogens is 254 g/mol. The molecule has 1 amide bonds. The molecule has 102 valence electrons. The van der Waals surface area contributed by atoms with Gasteiger partial charge in [-0.3, -0.25) is 4.79 Å². The Hall–Kier alpha value is -2.31. The summed E-state index contributed by atoms with van der Waals surface area (Å²) < 4.78 is 14.1. The molecule has 2 atom stereocenters. The largest absolute Gasteiger partial charge is 0.491 e. The molecule has 2 aliphatic rings. The van der Waals surface area contributed by atoms with E-state index in [0.29, 0.717) is 0 Å². The van der Waals surface area contributed by atoms with E-state index < -0.39 is 29.8 Å². The van der Waals surface area contributed by atoms with Gasteiger partial charge in [-0.05, 0) is 6.08 Å². The molecule has 0 aromatic carbocycles. The lowest BCUT2D eigenvalue weighted by Gasteiger charge is -2.40. The minimum atomic E-state index is -0.656. The van der Waals surface area contributed by atoms with Gasteiger partial charge in [-0.1, -0.05) is 0 Å². The van der Waals surface area contributed by atoms with Crippen LogP contribution in [0.15, 0.2) is 23.0 Å². The third kappa shape index (κ3) is 1.87. The minimum Gasteiger partial charge on any atom is -0.491 e. The van der Waals surface area contributed by atoms with Crippen molar-refractivity contribution >= 4 is 17.8 Å². The van der Waals surface area contributed by atoms with Gasteiger partial charge in [0.1, 0.15) is 0 Å². The van der Waals surface area contributed by atoms with Crippen LogP contribution in [0.25, 0.3) is 0 Å². The van der Waals surface area contributed by atoms with Crippen molar-refractivity contribution in [3.8, 4) is 0 Å². The lowest BCUT2D eigenvalue weighted by atomic mass is 9.70. The van der Waals surface area contributed by atoms with Crippen LogP contribution < -0.4 is 5.32 Å². The highest BCUT2D eigenvalue weighted by atomic mass is 16.5. The third-order valence-electron chi connectivity index (χ3n) is 3.17. The van der Waals surface area contributed by atoms with E-state index in [9.17, 15) is 14.4 Å². The summed E-state index contributed by atoms with van der Waals surface area (Å²) in [5.74, 6) is -2.05. The van der Waals surface area contributed by atoms with Gasteiger partial charge in [-0.15, -0.1) is 0 Å². The molecule has 0 bridgehead atoms. The first-order chi connectivity index (χ1) is 9.04. The Kier molecular flexibility index (Phi) is 3.28. The number of rotatable bonds is 3. The Morgan fingerprint density at radius 2 is 1.68 bits per heavy atom. The van der Waals surface area contributed by atoms with Gasteiger partial charge in [0.25, 0.3) is 5.91 Å². The Labute approximate surface area is 109 Å². The number of fused-ring (bicyclic) bond motifs is 1. The molecule has 2 unspecified atom stereocenters. The summed E-state index contributed by atoms with van der Waals surface area (Å²) in [4.78, 5) is 35.0. The van der Waals surface area contributed by atoms with Crippen LogP contribution in [0.1, 0.15) is 0 Å². The van der Waals surface area contributed by atoms with Crippen molar-refractivity contribution in [2.75, 3.05) is 21.3 Å². The molecule has 7 heteroatoms. The third-order valence-corrected chi connectivity index (χ3v) is 3.17. The normalized spacial score (nSPS) is 24.6. The molecule has 0 spiro atoms. The predicted octanol–water partition coefficient (Wildman–Crippen LogP) is -0.712. The first-order valence-electron chi connectivity index (χ1n) is 5.52. The molecule has 0 aromatic heterocycles. The quantitative estimate of drug-likeness (QED) is 0.679. The zero-order valence-electron chi connectivity index (χ0n) is 10.7. The average molecular weight is 267 g/mol. The Morgan fingerprint density at radius 3 is 2.21 bits per heavy atom. The summed E-state index contributed by atoms with van der Waals surface area (Å²) in [6, 6.07) is -0.576. The molecule has 0 aromatic rings. The second-order valence-electron chi connectivity index (χ2n) is 4.02. The molecule has 0 saturated carbocycles. The van der Waals surface area contributed by atoms with Crippen LogP contribution in [0.2, 0.25) is 0 Å². The number of hydrogen-bond donors (Lipinski definition) is 1. The van der Waals surface area contributed by atoms with Crippen molar-refractivity contribution in [2.45, 2.75) is 6.04 Å². The number of hydrogen-bond acceptors (Lipinski definition) is 6. The van der Waals surface area contributed by atoms with Crippen LogP contribution in [0.3, 0.4) is 0 Å². The summed E-state index contributed by atoms with van der Waals surface area (Å²) in [5, 5.41) is 2.59. The Morgan fingerprint density at radius 1 is 1.11 bits per heavy atom. The number of ether oxygens (including phenoxy) is 3. The maximum atomic E-state index is 11.7. The molecule has 1 aliphatic heterocycles. The molecule has 1 aliphatic carbocycles. The van der Waals surface area contributed by atoms with Crippen LogP contribution in [0.4, 0.5) is 0 Å². The number of methoxy groups -OCH3 is 3. The summed E-state index contributed by atoms with van der Waals surface area (Å²) in [6.07, 6.45) is 1.50. The Balaban J connectivity index is 2.43. The van der Waals surface area contributed by atoms with Gasteiger partial charge in [0, 0.05) is 5.92 Å². The second-order valence-corrected chi connectivity index (χ2v) is 4.02. The van der Waals surface area contributed by atoms with E-state index in [2.05, 4.69) is 14.8 Å². The van der Waals surface area contributed by atoms with Crippen LogP contribution in [0.5, 0.6) is 0 Å². The van der Waals surface area contributed by atoms with Gasteiger partial charge in [0.2, 0.25) is 0 Å². The van der Waals surface area contributed by atoms with Crippen molar-refractivity contribution in [3.05, 3.63) is 23.0 Å². The first kappa shape index (κ1) is 13.1. The second kappa shape index (κ2) is 4.75. The lowest BCUT2D eigenvalue weighted by molar-refractivity contribution is -0.142. The van der Waals surface area contributed by atoms with Crippen LogP contribution in [-0.4, -0.2) is 45.2 Å².